The van der Waals surface area contributed by atoms with Crippen LogP contribution in [-0.2, 0) is 0 Å². The number of amidine groups is 1. The van der Waals surface area contributed by atoms with Crippen molar-refractivity contribution in [2.75, 3.05) is 44.6 Å². The molecule has 5 nitrogen and oxygen atoms in total. The summed E-state index contributed by atoms with van der Waals surface area (Å²) < 4.78 is 5.87. The minimum absolute atomic E-state index is 0. The number of nitrogens with one attached hydrogen (secondary N) is 1. The zero-order valence-corrected chi connectivity index (χ0v) is 19.3. The van der Waals surface area contributed by atoms with Gasteiger partial charge in [0.05, 0.1) is 11.4 Å². The van der Waals surface area contributed by atoms with E-state index in [4.69, 9.17) is 21.3 Å². The maximum absolute atomic E-state index is 6.26. The maximum atomic E-state index is 6.26. The molecule has 0 saturated carbocycles. The van der Waals surface area contributed by atoms with Crippen LogP contribution in [0, 0.1) is 0 Å². The quantitative estimate of drug-likeness (QED) is 0.541. The number of fused-ring (bicyclic) bond motifs is 2. The molecule has 2 aliphatic heterocycles. The van der Waals surface area contributed by atoms with Crippen LogP contribution in [0.15, 0.2) is 77.8 Å². The van der Waals surface area contributed by atoms with E-state index >= 15 is 0 Å². The number of piperazine rings is 1. The Labute approximate surface area is 200 Å². The summed E-state index contributed by atoms with van der Waals surface area (Å²) in [5.41, 5.74) is 4.04. The van der Waals surface area contributed by atoms with Gasteiger partial charge in [0, 0.05) is 49.0 Å². The molecule has 0 spiro atoms. The lowest BCUT2D eigenvalue weighted by Crippen LogP contribution is -2.49. The summed E-state index contributed by atoms with van der Waals surface area (Å²) in [6.45, 7) is 5.43. The summed E-state index contributed by atoms with van der Waals surface area (Å²) in [6, 6.07) is 24.2. The number of ether oxygens (including phenoxy) is 1. The minimum atomic E-state index is 0. The van der Waals surface area contributed by atoms with Crippen molar-refractivity contribution in [2.45, 2.75) is 0 Å². The number of aliphatic imine (C=N–C) groups is 1. The Morgan fingerprint density at radius 2 is 1.62 bits per heavy atom. The van der Waals surface area contributed by atoms with E-state index in [1.165, 1.54) is 0 Å². The lowest BCUT2D eigenvalue weighted by atomic mass is 10.1. The molecule has 0 amide bonds. The Balaban J connectivity index is 0.00000245. The van der Waals surface area contributed by atoms with Crippen LogP contribution in [0.4, 0.5) is 17.1 Å². The van der Waals surface area contributed by atoms with Crippen molar-refractivity contribution in [1.82, 2.24) is 9.80 Å². The molecule has 3 aromatic carbocycles. The van der Waals surface area contributed by atoms with Crippen LogP contribution < -0.4 is 10.1 Å². The third-order valence-corrected chi connectivity index (χ3v) is 5.95. The summed E-state index contributed by atoms with van der Waals surface area (Å²) in [6.07, 6.45) is 0. The molecule has 0 unspecified atom stereocenters. The summed E-state index contributed by atoms with van der Waals surface area (Å²) in [7, 11) is 0. The highest BCUT2D eigenvalue weighted by Gasteiger charge is 2.24. The Kier molecular flexibility index (Phi) is 7.20. The van der Waals surface area contributed by atoms with Crippen molar-refractivity contribution >= 4 is 46.9 Å². The van der Waals surface area contributed by atoms with Gasteiger partial charge in [0.25, 0.3) is 0 Å². The molecular weight excluding hydrogens is 443 g/mol. The molecule has 166 valence electrons. The Hall–Kier alpha value is -2.73. The van der Waals surface area contributed by atoms with Gasteiger partial charge in [0.15, 0.2) is 0 Å². The molecular formula is C25H26Cl2N4O. The number of benzene rings is 3. The van der Waals surface area contributed by atoms with Gasteiger partial charge in [-0.25, -0.2) is 4.99 Å². The number of halogens is 2. The van der Waals surface area contributed by atoms with Gasteiger partial charge in [-0.15, -0.1) is 12.4 Å². The average Bonchev–Trinajstić information content (AvgIpc) is 2.97. The van der Waals surface area contributed by atoms with E-state index in [0.717, 1.165) is 66.9 Å². The van der Waals surface area contributed by atoms with E-state index in [-0.39, 0.29) is 12.4 Å². The monoisotopic (exact) mass is 468 g/mol. The zero-order valence-electron chi connectivity index (χ0n) is 17.7. The Morgan fingerprint density at radius 3 is 2.44 bits per heavy atom. The van der Waals surface area contributed by atoms with E-state index in [0.29, 0.717) is 11.6 Å². The molecule has 32 heavy (non-hydrogen) atoms. The lowest BCUT2D eigenvalue weighted by Gasteiger charge is -2.36. The van der Waals surface area contributed by atoms with E-state index in [1.54, 1.807) is 0 Å². The molecule has 2 heterocycles. The highest BCUT2D eigenvalue weighted by molar-refractivity contribution is 6.31. The first-order valence-corrected chi connectivity index (χ1v) is 11.0. The molecule has 0 atom stereocenters. The predicted molar refractivity (Wildman–Crippen MR) is 135 cm³/mol. The molecule has 3 aromatic rings. The van der Waals surface area contributed by atoms with Crippen LogP contribution in [0.1, 0.15) is 5.56 Å². The first-order valence-electron chi connectivity index (χ1n) is 10.7. The van der Waals surface area contributed by atoms with Crippen LogP contribution in [-0.4, -0.2) is 55.0 Å². The van der Waals surface area contributed by atoms with Gasteiger partial charge in [-0.05, 0) is 42.5 Å². The SMILES string of the molecule is Cl.Clc1ccc2c(c1)N=C(N1CCN(CCOc3ccccc3)CC1)c1ccccc1N2. The predicted octanol–water partition coefficient (Wildman–Crippen LogP) is 5.59. The van der Waals surface area contributed by atoms with Crippen LogP contribution in [0.25, 0.3) is 0 Å². The molecule has 5 rings (SSSR count). The highest BCUT2D eigenvalue weighted by atomic mass is 35.5. The fourth-order valence-corrected chi connectivity index (χ4v) is 4.21. The van der Waals surface area contributed by atoms with Crippen LogP contribution in [0.5, 0.6) is 5.75 Å². The molecule has 1 fully saturated rings. The summed E-state index contributed by atoms with van der Waals surface area (Å²) >= 11 is 6.26. The van der Waals surface area contributed by atoms with Crippen molar-refractivity contribution in [3.8, 4) is 5.75 Å². The second-order valence-corrected chi connectivity index (χ2v) is 8.19. The second kappa shape index (κ2) is 10.3. The Bertz CT molecular complexity index is 1080. The van der Waals surface area contributed by atoms with Gasteiger partial charge in [-0.1, -0.05) is 41.9 Å². The van der Waals surface area contributed by atoms with Gasteiger partial charge in [0.2, 0.25) is 0 Å². The van der Waals surface area contributed by atoms with Crippen molar-refractivity contribution in [1.29, 1.82) is 0 Å². The topological polar surface area (TPSA) is 40.1 Å². The van der Waals surface area contributed by atoms with Crippen LogP contribution in [0.3, 0.4) is 0 Å². The lowest BCUT2D eigenvalue weighted by molar-refractivity contribution is 0.154. The van der Waals surface area contributed by atoms with Gasteiger partial charge >= 0.3 is 0 Å². The van der Waals surface area contributed by atoms with Crippen molar-refractivity contribution in [2.24, 2.45) is 4.99 Å². The molecule has 0 bridgehead atoms. The van der Waals surface area contributed by atoms with Crippen molar-refractivity contribution in [3.05, 3.63) is 83.4 Å². The highest BCUT2D eigenvalue weighted by Crippen LogP contribution is 2.36. The van der Waals surface area contributed by atoms with E-state index in [2.05, 4.69) is 39.4 Å². The molecule has 1 N–H and O–H groups in total. The average molecular weight is 469 g/mol. The Morgan fingerprint density at radius 1 is 0.875 bits per heavy atom. The zero-order chi connectivity index (χ0) is 21.0. The smallest absolute Gasteiger partial charge is 0.138 e. The fraction of sp³-hybridized carbons (Fsp3) is 0.240. The van der Waals surface area contributed by atoms with Crippen molar-refractivity contribution in [3.63, 3.8) is 0 Å². The third kappa shape index (κ3) is 5.01. The minimum Gasteiger partial charge on any atom is -0.492 e. The number of nitrogens with zero attached hydrogens (tertiary/aromatic N) is 3. The van der Waals surface area contributed by atoms with Crippen LogP contribution >= 0.6 is 24.0 Å². The number of rotatable bonds is 4. The molecule has 0 aliphatic carbocycles. The summed E-state index contributed by atoms with van der Waals surface area (Å²) in [5.74, 6) is 1.93. The third-order valence-electron chi connectivity index (χ3n) is 5.71. The summed E-state index contributed by atoms with van der Waals surface area (Å²) in [5, 5.41) is 4.22. The van der Waals surface area contributed by atoms with Gasteiger partial charge in [-0.3, -0.25) is 4.90 Å². The van der Waals surface area contributed by atoms with E-state index in [9.17, 15) is 0 Å². The number of para-hydroxylation sites is 2. The maximum Gasteiger partial charge on any atom is 0.138 e. The largest absolute Gasteiger partial charge is 0.492 e. The number of anilines is 2. The first-order chi connectivity index (χ1) is 15.3. The molecule has 0 radical (unpaired) electrons. The van der Waals surface area contributed by atoms with E-state index in [1.807, 2.05) is 48.5 Å². The molecule has 1 saturated heterocycles. The van der Waals surface area contributed by atoms with E-state index < -0.39 is 0 Å². The number of hydrogen-bond acceptors (Lipinski definition) is 5. The van der Waals surface area contributed by atoms with Gasteiger partial charge in [0.1, 0.15) is 18.2 Å². The van der Waals surface area contributed by atoms with Gasteiger partial charge in [-0.2, -0.15) is 0 Å². The normalized spacial score (nSPS) is 15.4. The van der Waals surface area contributed by atoms with Crippen molar-refractivity contribution < 1.29 is 4.74 Å². The van der Waals surface area contributed by atoms with Crippen LogP contribution in [0.2, 0.25) is 5.02 Å². The fourth-order valence-electron chi connectivity index (χ4n) is 4.04. The first kappa shape index (κ1) is 22.5. The molecule has 2 aliphatic rings. The standard InChI is InChI=1S/C25H25ClN4O.ClH/c26-19-10-11-23-24(18-19)28-25(21-8-4-5-9-22(21)27-23)30-14-12-29(13-15-30)16-17-31-20-6-2-1-3-7-20;/h1-11,18,27H,12-17H2;1H. The molecule has 0 aromatic heterocycles. The number of hydrogen-bond donors (Lipinski definition) is 1. The summed E-state index contributed by atoms with van der Waals surface area (Å²) in [4.78, 5) is 9.87. The van der Waals surface area contributed by atoms with Gasteiger partial charge < -0.3 is 15.0 Å². The molecule has 7 heteroatoms. The second-order valence-electron chi connectivity index (χ2n) is 7.76.